The Balaban J connectivity index is 1.63. The molecule has 196 valence electrons. The molecular weight excluding hydrogens is 494 g/mol. The Morgan fingerprint density at radius 3 is 2.32 bits per heavy atom. The Hall–Kier alpha value is -3.96. The highest BCUT2D eigenvalue weighted by Crippen LogP contribution is 2.22. The number of sulfonamides is 1. The van der Waals surface area contributed by atoms with Crippen LogP contribution in [0.5, 0.6) is 5.75 Å². The third-order valence-electron chi connectivity index (χ3n) is 5.52. The van der Waals surface area contributed by atoms with Gasteiger partial charge in [-0.15, -0.1) is 0 Å². The second-order valence-corrected chi connectivity index (χ2v) is 10.4. The molecular formula is C26H31N5O5S. The third kappa shape index (κ3) is 6.83. The van der Waals surface area contributed by atoms with E-state index < -0.39 is 22.5 Å². The number of amides is 2. The highest BCUT2D eigenvalue weighted by Gasteiger charge is 2.23. The summed E-state index contributed by atoms with van der Waals surface area (Å²) in [4.78, 5) is 23.5. The second kappa shape index (κ2) is 11.8. The van der Waals surface area contributed by atoms with E-state index in [-0.39, 0.29) is 10.8 Å². The van der Waals surface area contributed by atoms with E-state index in [2.05, 4.69) is 20.4 Å². The molecule has 0 aliphatic rings. The topological polar surface area (TPSA) is 122 Å². The van der Waals surface area contributed by atoms with Gasteiger partial charge >= 0.3 is 0 Å². The Kier molecular flexibility index (Phi) is 8.85. The number of hydrazone groups is 1. The van der Waals surface area contributed by atoms with Gasteiger partial charge in [0, 0.05) is 42.3 Å². The summed E-state index contributed by atoms with van der Waals surface area (Å²) in [6.45, 7) is 7.40. The molecule has 0 fully saturated rings. The molecule has 1 heterocycles. The fourth-order valence-electron chi connectivity index (χ4n) is 3.76. The number of rotatable bonds is 10. The number of nitrogens with one attached hydrogen (secondary N) is 2. The zero-order valence-electron chi connectivity index (χ0n) is 21.5. The van der Waals surface area contributed by atoms with Gasteiger partial charge in [-0.1, -0.05) is 0 Å². The van der Waals surface area contributed by atoms with Crippen LogP contribution in [0, 0.1) is 13.8 Å². The maximum atomic E-state index is 12.8. The van der Waals surface area contributed by atoms with E-state index in [9.17, 15) is 18.0 Å². The zero-order chi connectivity index (χ0) is 27.2. The first-order valence-corrected chi connectivity index (χ1v) is 13.0. The smallest absolute Gasteiger partial charge is 0.255 e. The Bertz CT molecular complexity index is 1390. The number of anilines is 1. The van der Waals surface area contributed by atoms with Crippen molar-refractivity contribution in [1.29, 1.82) is 0 Å². The Labute approximate surface area is 217 Å². The minimum Gasteiger partial charge on any atom is -0.494 e. The van der Waals surface area contributed by atoms with Gasteiger partial charge in [-0.3, -0.25) is 9.59 Å². The van der Waals surface area contributed by atoms with Crippen molar-refractivity contribution in [2.45, 2.75) is 32.6 Å². The quantitative estimate of drug-likeness (QED) is 0.311. The monoisotopic (exact) mass is 525 g/mol. The molecule has 0 spiro atoms. The fourth-order valence-corrected chi connectivity index (χ4v) is 4.89. The van der Waals surface area contributed by atoms with Crippen molar-refractivity contribution in [3.8, 4) is 11.4 Å². The molecule has 0 saturated carbocycles. The molecule has 2 aromatic carbocycles. The molecule has 0 unspecified atom stereocenters. The van der Waals surface area contributed by atoms with Crippen LogP contribution in [-0.4, -0.2) is 55.5 Å². The maximum Gasteiger partial charge on any atom is 0.255 e. The summed E-state index contributed by atoms with van der Waals surface area (Å²) >= 11 is 0. The van der Waals surface area contributed by atoms with Crippen molar-refractivity contribution in [1.82, 2.24) is 14.3 Å². The molecule has 0 atom stereocenters. The lowest BCUT2D eigenvalue weighted by Crippen LogP contribution is -2.36. The molecule has 10 nitrogen and oxygen atoms in total. The zero-order valence-corrected chi connectivity index (χ0v) is 22.3. The van der Waals surface area contributed by atoms with Crippen molar-refractivity contribution in [3.63, 3.8) is 0 Å². The SMILES string of the molecule is CCOc1ccc(-n2c(C)cc(/C=N/NC(=O)CN(C)S(=O)(=O)c3ccc(NC(C)=O)cc3)c2C)cc1. The highest BCUT2D eigenvalue weighted by molar-refractivity contribution is 7.89. The number of carbonyl (C=O) groups is 2. The number of aromatic nitrogens is 1. The number of aryl methyl sites for hydroxylation is 1. The molecule has 3 aromatic rings. The second-order valence-electron chi connectivity index (χ2n) is 8.35. The molecule has 1 aromatic heterocycles. The number of carbonyl (C=O) groups excluding carboxylic acids is 2. The first-order chi connectivity index (χ1) is 17.5. The summed E-state index contributed by atoms with van der Waals surface area (Å²) in [6.07, 6.45) is 1.53. The van der Waals surface area contributed by atoms with E-state index in [1.807, 2.05) is 51.1 Å². The van der Waals surface area contributed by atoms with Crippen LogP contribution >= 0.6 is 0 Å². The minimum atomic E-state index is -3.91. The number of nitrogens with zero attached hydrogens (tertiary/aromatic N) is 3. The van der Waals surface area contributed by atoms with E-state index in [4.69, 9.17) is 4.74 Å². The van der Waals surface area contributed by atoms with Gasteiger partial charge in [0.25, 0.3) is 5.91 Å². The number of ether oxygens (including phenoxy) is 1. The Morgan fingerprint density at radius 2 is 1.73 bits per heavy atom. The predicted octanol–water partition coefficient (Wildman–Crippen LogP) is 3.22. The van der Waals surface area contributed by atoms with Gasteiger partial charge in [-0.2, -0.15) is 9.41 Å². The standard InChI is InChI=1S/C26H31N5O5S/c1-6-36-24-11-9-23(10-12-24)31-18(2)15-21(19(31)3)16-27-29-26(33)17-30(5)37(34,35)25-13-7-22(8-14-25)28-20(4)32/h7-16H,6,17H2,1-5H3,(H,28,32)(H,29,33)/b27-16+. The lowest BCUT2D eigenvalue weighted by atomic mass is 10.2. The van der Waals surface area contributed by atoms with Crippen molar-refractivity contribution < 1.29 is 22.7 Å². The Morgan fingerprint density at radius 1 is 1.08 bits per heavy atom. The lowest BCUT2D eigenvalue weighted by Gasteiger charge is -2.16. The van der Waals surface area contributed by atoms with E-state index in [1.165, 1.54) is 44.5 Å². The van der Waals surface area contributed by atoms with Gasteiger partial charge in [0.2, 0.25) is 15.9 Å². The third-order valence-corrected chi connectivity index (χ3v) is 7.34. The molecule has 3 rings (SSSR count). The number of likely N-dealkylation sites (N-methyl/N-ethyl adjacent to an activating group) is 1. The van der Waals surface area contributed by atoms with Crippen LogP contribution in [0.4, 0.5) is 5.69 Å². The van der Waals surface area contributed by atoms with Gasteiger partial charge in [-0.25, -0.2) is 13.8 Å². The largest absolute Gasteiger partial charge is 0.494 e. The van der Waals surface area contributed by atoms with Crippen LogP contribution in [0.1, 0.15) is 30.8 Å². The van der Waals surface area contributed by atoms with E-state index in [0.717, 1.165) is 32.7 Å². The molecule has 0 saturated heterocycles. The first-order valence-electron chi connectivity index (χ1n) is 11.6. The predicted molar refractivity (Wildman–Crippen MR) is 143 cm³/mol. The summed E-state index contributed by atoms with van der Waals surface area (Å²) in [7, 11) is -2.60. The molecule has 37 heavy (non-hydrogen) atoms. The van der Waals surface area contributed by atoms with E-state index in [1.54, 1.807) is 0 Å². The fraction of sp³-hybridized carbons (Fsp3) is 0.269. The molecule has 0 aliphatic heterocycles. The molecule has 2 amide bonds. The minimum absolute atomic E-state index is 0.00197. The van der Waals surface area contributed by atoms with Crippen LogP contribution in [0.25, 0.3) is 5.69 Å². The van der Waals surface area contributed by atoms with Crippen LogP contribution in [0.2, 0.25) is 0 Å². The van der Waals surface area contributed by atoms with Crippen molar-refractivity contribution in [2.24, 2.45) is 5.10 Å². The van der Waals surface area contributed by atoms with Crippen molar-refractivity contribution >= 4 is 33.7 Å². The van der Waals surface area contributed by atoms with Gasteiger partial charge in [0.1, 0.15) is 5.75 Å². The van der Waals surface area contributed by atoms with E-state index in [0.29, 0.717) is 12.3 Å². The molecule has 11 heteroatoms. The number of benzene rings is 2. The molecule has 0 aliphatic carbocycles. The normalized spacial score (nSPS) is 11.6. The van der Waals surface area contributed by atoms with Crippen molar-refractivity contribution in [3.05, 3.63) is 71.5 Å². The highest BCUT2D eigenvalue weighted by atomic mass is 32.2. The summed E-state index contributed by atoms with van der Waals surface area (Å²) in [6, 6.07) is 15.4. The lowest BCUT2D eigenvalue weighted by molar-refractivity contribution is -0.121. The van der Waals surface area contributed by atoms with Crippen LogP contribution < -0.4 is 15.5 Å². The number of hydrogen-bond acceptors (Lipinski definition) is 6. The average molecular weight is 526 g/mol. The number of hydrogen-bond donors (Lipinski definition) is 2. The van der Waals surface area contributed by atoms with Gasteiger partial charge in [-0.05, 0) is 75.4 Å². The van der Waals surface area contributed by atoms with Crippen LogP contribution in [-0.2, 0) is 19.6 Å². The van der Waals surface area contributed by atoms with Gasteiger partial charge < -0.3 is 14.6 Å². The van der Waals surface area contributed by atoms with E-state index >= 15 is 0 Å². The van der Waals surface area contributed by atoms with Gasteiger partial charge in [0.05, 0.1) is 24.3 Å². The molecule has 2 N–H and O–H groups in total. The summed E-state index contributed by atoms with van der Waals surface area (Å²) < 4.78 is 34.1. The molecule has 0 radical (unpaired) electrons. The molecule has 0 bridgehead atoms. The summed E-state index contributed by atoms with van der Waals surface area (Å²) in [5.74, 6) is -0.0484. The maximum absolute atomic E-state index is 12.8. The van der Waals surface area contributed by atoms with Crippen molar-refractivity contribution in [2.75, 3.05) is 25.5 Å². The average Bonchev–Trinajstić information content (AvgIpc) is 3.12. The van der Waals surface area contributed by atoms with Crippen LogP contribution in [0.15, 0.2) is 64.6 Å². The van der Waals surface area contributed by atoms with Crippen LogP contribution in [0.3, 0.4) is 0 Å². The summed E-state index contributed by atoms with van der Waals surface area (Å²) in [5, 5.41) is 6.59. The summed E-state index contributed by atoms with van der Waals surface area (Å²) in [5.41, 5.74) is 6.57. The van der Waals surface area contributed by atoms with Gasteiger partial charge in [0.15, 0.2) is 0 Å². The first kappa shape index (κ1) is 27.6.